The van der Waals surface area contributed by atoms with E-state index in [1.807, 2.05) is 6.07 Å². The van der Waals surface area contributed by atoms with Gasteiger partial charge in [-0.3, -0.25) is 4.79 Å². The first-order valence-electron chi connectivity index (χ1n) is 6.78. The van der Waals surface area contributed by atoms with Gasteiger partial charge in [-0.15, -0.1) is 0 Å². The van der Waals surface area contributed by atoms with E-state index >= 15 is 0 Å². The van der Waals surface area contributed by atoms with Crippen LogP contribution in [0.25, 0.3) is 0 Å². The zero-order chi connectivity index (χ0) is 16.7. The Labute approximate surface area is 131 Å². The minimum absolute atomic E-state index is 0.0203. The summed E-state index contributed by atoms with van der Waals surface area (Å²) in [6, 6.07) is 7.68. The molecular formula is C15H15N3O5. The number of carbonyl (C=O) groups excluding carboxylic acids is 1. The molecule has 0 radical (unpaired) electrons. The predicted molar refractivity (Wildman–Crippen MR) is 79.7 cm³/mol. The molecule has 3 N–H and O–H groups in total. The number of hydrogen-bond donors (Lipinski definition) is 3. The maximum atomic E-state index is 11.7. The average Bonchev–Trinajstić information content (AvgIpc) is 2.55. The lowest BCUT2D eigenvalue weighted by molar-refractivity contribution is -0.139. The smallest absolute Gasteiger partial charge is 0.408 e. The Balaban J connectivity index is 1.94. The fourth-order valence-electron chi connectivity index (χ4n) is 1.85. The number of carbonyl (C=O) groups is 2. The van der Waals surface area contributed by atoms with Crippen LogP contribution in [0, 0.1) is 0 Å². The number of amides is 1. The second-order valence-electron chi connectivity index (χ2n) is 4.71. The molecule has 1 atom stereocenters. The number of aromatic amines is 1. The fraction of sp³-hybridized carbons (Fsp3) is 0.200. The van der Waals surface area contributed by atoms with Crippen LogP contribution in [0.3, 0.4) is 0 Å². The minimum atomic E-state index is -1.29. The maximum absolute atomic E-state index is 11.7. The van der Waals surface area contributed by atoms with Crippen LogP contribution < -0.4 is 10.9 Å². The Hall–Kier alpha value is -3.16. The molecule has 1 aromatic carbocycles. The Morgan fingerprint density at radius 1 is 1.30 bits per heavy atom. The molecule has 1 unspecified atom stereocenters. The molecule has 120 valence electrons. The highest BCUT2D eigenvalue weighted by Gasteiger charge is 2.22. The number of rotatable bonds is 6. The molecule has 1 heterocycles. The lowest BCUT2D eigenvalue weighted by Crippen LogP contribution is -2.43. The van der Waals surface area contributed by atoms with E-state index in [0.29, 0.717) is 0 Å². The second kappa shape index (κ2) is 7.74. The van der Waals surface area contributed by atoms with E-state index < -0.39 is 23.7 Å². The van der Waals surface area contributed by atoms with Crippen LogP contribution in [0.5, 0.6) is 0 Å². The van der Waals surface area contributed by atoms with Crippen LogP contribution >= 0.6 is 0 Å². The van der Waals surface area contributed by atoms with Crippen LogP contribution in [-0.2, 0) is 22.6 Å². The van der Waals surface area contributed by atoms with Crippen LogP contribution in [0.4, 0.5) is 4.79 Å². The Bertz CT molecular complexity index is 729. The van der Waals surface area contributed by atoms with Crippen molar-refractivity contribution in [2.24, 2.45) is 0 Å². The zero-order valence-corrected chi connectivity index (χ0v) is 12.1. The molecule has 0 saturated carbocycles. The monoisotopic (exact) mass is 317 g/mol. The molecule has 1 amide bonds. The van der Waals surface area contributed by atoms with Gasteiger partial charge < -0.3 is 20.1 Å². The number of benzene rings is 1. The topological polar surface area (TPSA) is 121 Å². The number of nitrogens with zero attached hydrogens (tertiary/aromatic N) is 1. The first kappa shape index (κ1) is 16.2. The van der Waals surface area contributed by atoms with E-state index in [9.17, 15) is 14.4 Å². The molecule has 2 rings (SSSR count). The largest absolute Gasteiger partial charge is 0.480 e. The van der Waals surface area contributed by atoms with E-state index in [1.54, 1.807) is 24.3 Å². The second-order valence-corrected chi connectivity index (χ2v) is 4.71. The van der Waals surface area contributed by atoms with Crippen LogP contribution in [0.15, 0.2) is 47.7 Å². The number of carboxylic acids is 1. The molecule has 8 heteroatoms. The normalized spacial score (nSPS) is 11.5. The number of aliphatic carboxylic acids is 1. The minimum Gasteiger partial charge on any atom is -0.480 e. The number of nitrogens with one attached hydrogen (secondary N) is 2. The van der Waals surface area contributed by atoms with Crippen molar-refractivity contribution in [1.29, 1.82) is 0 Å². The molecule has 0 bridgehead atoms. The Kier molecular flexibility index (Phi) is 5.45. The van der Waals surface area contributed by atoms with Crippen LogP contribution in [-0.4, -0.2) is 33.2 Å². The van der Waals surface area contributed by atoms with Gasteiger partial charge in [-0.1, -0.05) is 30.3 Å². The standard InChI is InChI=1S/C15H15N3O5/c19-13-11(7-16-9-17-13)6-12(14(20)21)18-15(22)23-8-10-4-2-1-3-5-10/h1-5,7,9,12H,6,8H2,(H,18,22)(H,20,21)(H,16,17,19). The van der Waals surface area contributed by atoms with E-state index in [-0.39, 0.29) is 18.6 Å². The molecule has 1 aromatic heterocycles. The van der Waals surface area contributed by atoms with Gasteiger partial charge in [-0.2, -0.15) is 0 Å². The summed E-state index contributed by atoms with van der Waals surface area (Å²) in [5.41, 5.74) is 0.479. The molecule has 0 saturated heterocycles. The summed E-state index contributed by atoms with van der Waals surface area (Å²) in [6.07, 6.45) is 1.38. The number of hydrogen-bond acceptors (Lipinski definition) is 5. The third-order valence-electron chi connectivity index (χ3n) is 3.02. The van der Waals surface area contributed by atoms with Gasteiger partial charge in [-0.25, -0.2) is 14.6 Å². The molecule has 0 spiro atoms. The highest BCUT2D eigenvalue weighted by molar-refractivity contribution is 5.80. The summed E-state index contributed by atoms with van der Waals surface area (Å²) in [7, 11) is 0. The van der Waals surface area contributed by atoms with Crippen molar-refractivity contribution in [2.75, 3.05) is 0 Å². The highest BCUT2D eigenvalue weighted by Crippen LogP contribution is 2.02. The lowest BCUT2D eigenvalue weighted by Gasteiger charge is -2.14. The van der Waals surface area contributed by atoms with Crippen LogP contribution in [0.1, 0.15) is 11.1 Å². The van der Waals surface area contributed by atoms with Gasteiger partial charge in [0.1, 0.15) is 12.6 Å². The number of alkyl carbamates (subject to hydrolysis) is 1. The first-order chi connectivity index (χ1) is 11.1. The van der Waals surface area contributed by atoms with Gasteiger partial charge in [-0.05, 0) is 5.56 Å². The fourth-order valence-corrected chi connectivity index (χ4v) is 1.85. The third-order valence-corrected chi connectivity index (χ3v) is 3.02. The summed E-state index contributed by atoms with van der Waals surface area (Å²) >= 11 is 0. The van der Waals surface area contributed by atoms with Gasteiger partial charge >= 0.3 is 12.1 Å². The van der Waals surface area contributed by atoms with Gasteiger partial charge in [0.25, 0.3) is 5.56 Å². The Morgan fingerprint density at radius 2 is 2.04 bits per heavy atom. The average molecular weight is 317 g/mol. The molecule has 2 aromatic rings. The maximum Gasteiger partial charge on any atom is 0.408 e. The number of carboxylic acid groups (broad SMARTS) is 1. The van der Waals surface area contributed by atoms with E-state index in [1.165, 1.54) is 12.5 Å². The van der Waals surface area contributed by atoms with Crippen molar-refractivity contribution in [1.82, 2.24) is 15.3 Å². The summed E-state index contributed by atoms with van der Waals surface area (Å²) < 4.78 is 4.96. The van der Waals surface area contributed by atoms with Crippen molar-refractivity contribution in [3.05, 3.63) is 64.3 Å². The third kappa shape index (κ3) is 4.95. The molecule has 0 aliphatic rings. The predicted octanol–water partition coefficient (Wildman–Crippen LogP) is 0.692. The molecule has 8 nitrogen and oxygen atoms in total. The van der Waals surface area contributed by atoms with E-state index in [2.05, 4.69) is 15.3 Å². The summed E-state index contributed by atoms with van der Waals surface area (Å²) in [6.45, 7) is 0.0203. The van der Waals surface area contributed by atoms with E-state index in [0.717, 1.165) is 5.56 Å². The quantitative estimate of drug-likeness (QED) is 0.721. The van der Waals surface area contributed by atoms with E-state index in [4.69, 9.17) is 9.84 Å². The van der Waals surface area contributed by atoms with Crippen LogP contribution in [0.2, 0.25) is 0 Å². The van der Waals surface area contributed by atoms with Crippen molar-refractivity contribution in [3.8, 4) is 0 Å². The first-order valence-corrected chi connectivity index (χ1v) is 6.78. The SMILES string of the molecule is O=C(NC(Cc1cnc[nH]c1=O)C(=O)O)OCc1ccccc1. The van der Waals surface area contributed by atoms with Crippen molar-refractivity contribution >= 4 is 12.1 Å². The lowest BCUT2D eigenvalue weighted by atomic mass is 10.1. The zero-order valence-electron chi connectivity index (χ0n) is 12.1. The summed E-state index contributed by atoms with van der Waals surface area (Å²) in [4.78, 5) is 40.5. The molecule has 0 fully saturated rings. The highest BCUT2D eigenvalue weighted by atomic mass is 16.5. The summed E-state index contributed by atoms with van der Waals surface area (Å²) in [5, 5.41) is 11.4. The van der Waals surface area contributed by atoms with Gasteiger partial charge in [0.05, 0.1) is 6.33 Å². The number of aromatic nitrogens is 2. The van der Waals surface area contributed by atoms with Gasteiger partial charge in [0, 0.05) is 18.2 Å². The summed E-state index contributed by atoms with van der Waals surface area (Å²) in [5.74, 6) is -1.27. The molecule has 0 aliphatic heterocycles. The van der Waals surface area contributed by atoms with Gasteiger partial charge in [0.2, 0.25) is 0 Å². The number of H-pyrrole nitrogens is 1. The Morgan fingerprint density at radius 3 is 2.70 bits per heavy atom. The van der Waals surface area contributed by atoms with Gasteiger partial charge in [0.15, 0.2) is 0 Å². The molecule has 23 heavy (non-hydrogen) atoms. The van der Waals surface area contributed by atoms with Crippen molar-refractivity contribution < 1.29 is 19.4 Å². The van der Waals surface area contributed by atoms with Crippen molar-refractivity contribution in [3.63, 3.8) is 0 Å². The number of ether oxygens (including phenoxy) is 1. The van der Waals surface area contributed by atoms with Crippen molar-refractivity contribution in [2.45, 2.75) is 19.1 Å². The molecular weight excluding hydrogens is 302 g/mol. The molecule has 0 aliphatic carbocycles.